The summed E-state index contributed by atoms with van der Waals surface area (Å²) in [6.45, 7) is 3.92. The summed E-state index contributed by atoms with van der Waals surface area (Å²) in [5.74, 6) is -0.687. The molecule has 1 aliphatic carbocycles. The fourth-order valence-corrected chi connectivity index (χ4v) is 4.63. The van der Waals surface area contributed by atoms with E-state index in [9.17, 15) is 19.2 Å². The van der Waals surface area contributed by atoms with Gasteiger partial charge in [-0.05, 0) is 73.7 Å². The van der Waals surface area contributed by atoms with Crippen molar-refractivity contribution in [3.05, 3.63) is 82.4 Å². The molecular formula is C27H26FN3O2. The number of nitrogens with one attached hydrogen (secondary N) is 1. The Kier molecular flexibility index (Phi) is 6.41. The summed E-state index contributed by atoms with van der Waals surface area (Å²) in [6.07, 6.45) is 7.54. The van der Waals surface area contributed by atoms with E-state index in [2.05, 4.69) is 12.2 Å². The molecule has 1 saturated carbocycles. The maximum atomic E-state index is 13.3. The molecule has 0 radical (unpaired) electrons. The molecule has 6 heteroatoms. The molecule has 0 spiro atoms. The van der Waals surface area contributed by atoms with Gasteiger partial charge in [-0.1, -0.05) is 25.8 Å². The summed E-state index contributed by atoms with van der Waals surface area (Å²) in [5.41, 5.74) is 2.80. The van der Waals surface area contributed by atoms with Gasteiger partial charge in [0.1, 0.15) is 17.5 Å². The van der Waals surface area contributed by atoms with E-state index in [0.717, 1.165) is 25.7 Å². The highest BCUT2D eigenvalue weighted by molar-refractivity contribution is 6.11. The van der Waals surface area contributed by atoms with Crippen molar-refractivity contribution in [1.29, 1.82) is 5.26 Å². The summed E-state index contributed by atoms with van der Waals surface area (Å²) in [5, 5.41) is 12.8. The first-order valence-electron chi connectivity index (χ1n) is 11.2. The third-order valence-corrected chi connectivity index (χ3v) is 6.54. The van der Waals surface area contributed by atoms with E-state index < -0.39 is 11.7 Å². The van der Waals surface area contributed by atoms with Gasteiger partial charge in [0, 0.05) is 23.4 Å². The highest BCUT2D eigenvalue weighted by atomic mass is 19.1. The normalized spacial score (nSPS) is 18.7. The standard InChI is InChI=1S/C27H26FN3O2/c1-17-7-3-4-8-23(17)30-27(33)20(16-29)15-22-18(2)25(31-14-6-5-9-24(22)31)26(32)19-10-12-21(28)13-11-19/h5-6,9-15,17,23H,3-4,7-8H2,1-2H3,(H,30,33)/b20-15+. The lowest BCUT2D eigenvalue weighted by molar-refractivity contribution is -0.118. The minimum Gasteiger partial charge on any atom is -0.348 e. The average Bonchev–Trinajstić information content (AvgIpc) is 3.09. The SMILES string of the molecule is Cc1c(/C=C(\C#N)C(=O)NC2CCCCC2C)c2ccccn2c1C(=O)c1ccc(F)cc1. The van der Waals surface area contributed by atoms with Gasteiger partial charge in [-0.3, -0.25) is 9.59 Å². The molecule has 0 saturated heterocycles. The Morgan fingerprint density at radius 2 is 1.88 bits per heavy atom. The molecule has 4 rings (SSSR count). The predicted octanol–water partition coefficient (Wildman–Crippen LogP) is 5.22. The highest BCUT2D eigenvalue weighted by Crippen LogP contribution is 2.28. The monoisotopic (exact) mass is 443 g/mol. The van der Waals surface area contributed by atoms with Crippen LogP contribution in [-0.4, -0.2) is 22.1 Å². The second kappa shape index (κ2) is 9.41. The molecule has 1 fully saturated rings. The summed E-state index contributed by atoms with van der Waals surface area (Å²) in [7, 11) is 0. The number of hydrogen-bond acceptors (Lipinski definition) is 3. The molecule has 2 heterocycles. The number of pyridine rings is 1. The van der Waals surface area contributed by atoms with Crippen molar-refractivity contribution in [3.8, 4) is 6.07 Å². The maximum absolute atomic E-state index is 13.3. The van der Waals surface area contributed by atoms with E-state index in [4.69, 9.17) is 0 Å². The number of nitrogens with zero attached hydrogens (tertiary/aromatic N) is 2. The topological polar surface area (TPSA) is 74.4 Å². The Morgan fingerprint density at radius 3 is 2.58 bits per heavy atom. The smallest absolute Gasteiger partial charge is 0.262 e. The molecule has 1 amide bonds. The zero-order valence-corrected chi connectivity index (χ0v) is 18.8. The van der Waals surface area contributed by atoms with Gasteiger partial charge in [-0.15, -0.1) is 0 Å². The second-order valence-electron chi connectivity index (χ2n) is 8.69. The number of aromatic nitrogens is 1. The van der Waals surface area contributed by atoms with E-state index >= 15 is 0 Å². The molecular weight excluding hydrogens is 417 g/mol. The Morgan fingerprint density at radius 1 is 1.15 bits per heavy atom. The maximum Gasteiger partial charge on any atom is 0.262 e. The summed E-state index contributed by atoms with van der Waals surface area (Å²) in [4.78, 5) is 26.2. The number of benzene rings is 1. The lowest BCUT2D eigenvalue weighted by Gasteiger charge is -2.29. The van der Waals surface area contributed by atoms with Crippen LogP contribution in [0.1, 0.15) is 59.8 Å². The Bertz CT molecular complexity index is 1280. The van der Waals surface area contributed by atoms with Crippen LogP contribution in [0.15, 0.2) is 54.2 Å². The summed E-state index contributed by atoms with van der Waals surface area (Å²) < 4.78 is 15.1. The summed E-state index contributed by atoms with van der Waals surface area (Å²) in [6, 6.07) is 13.0. The zero-order valence-electron chi connectivity index (χ0n) is 18.8. The predicted molar refractivity (Wildman–Crippen MR) is 125 cm³/mol. The van der Waals surface area contributed by atoms with Crippen LogP contribution in [0, 0.1) is 30.0 Å². The lowest BCUT2D eigenvalue weighted by atomic mass is 9.86. The van der Waals surface area contributed by atoms with E-state index in [1.54, 1.807) is 23.6 Å². The summed E-state index contributed by atoms with van der Waals surface area (Å²) >= 11 is 0. The molecule has 1 N–H and O–H groups in total. The van der Waals surface area contributed by atoms with Crippen LogP contribution >= 0.6 is 0 Å². The van der Waals surface area contributed by atoms with Gasteiger partial charge >= 0.3 is 0 Å². The molecule has 5 nitrogen and oxygen atoms in total. The van der Waals surface area contributed by atoms with E-state index in [1.165, 1.54) is 24.3 Å². The minimum atomic E-state index is -0.413. The van der Waals surface area contributed by atoms with E-state index in [0.29, 0.717) is 33.8 Å². The number of halogens is 1. The van der Waals surface area contributed by atoms with Crippen LogP contribution in [-0.2, 0) is 4.79 Å². The van der Waals surface area contributed by atoms with Crippen LogP contribution < -0.4 is 5.32 Å². The van der Waals surface area contributed by atoms with Crippen LogP contribution in [0.3, 0.4) is 0 Å². The van der Waals surface area contributed by atoms with Crippen LogP contribution in [0.4, 0.5) is 4.39 Å². The first kappa shape index (κ1) is 22.5. The van der Waals surface area contributed by atoms with Crippen molar-refractivity contribution in [3.63, 3.8) is 0 Å². The Balaban J connectivity index is 1.74. The number of ketones is 1. The van der Waals surface area contributed by atoms with Crippen molar-refractivity contribution >= 4 is 23.3 Å². The minimum absolute atomic E-state index is 0.00741. The molecule has 0 aliphatic heterocycles. The fraction of sp³-hybridized carbons (Fsp3) is 0.296. The van der Waals surface area contributed by atoms with Crippen molar-refractivity contribution in [1.82, 2.24) is 9.72 Å². The highest BCUT2D eigenvalue weighted by Gasteiger charge is 2.25. The van der Waals surface area contributed by atoms with Gasteiger partial charge < -0.3 is 9.72 Å². The number of amides is 1. The average molecular weight is 444 g/mol. The molecule has 2 aromatic heterocycles. The fourth-order valence-electron chi connectivity index (χ4n) is 4.63. The third kappa shape index (κ3) is 4.45. The van der Waals surface area contributed by atoms with Gasteiger partial charge in [0.2, 0.25) is 5.78 Å². The van der Waals surface area contributed by atoms with Gasteiger partial charge in [0.15, 0.2) is 0 Å². The Hall–Kier alpha value is -3.72. The number of nitriles is 1. The van der Waals surface area contributed by atoms with Crippen molar-refractivity contribution in [2.45, 2.75) is 45.6 Å². The second-order valence-corrected chi connectivity index (χ2v) is 8.69. The lowest BCUT2D eigenvalue weighted by Crippen LogP contribution is -2.41. The number of hydrogen-bond donors (Lipinski definition) is 1. The quantitative estimate of drug-likeness (QED) is 0.334. The molecule has 2 unspecified atom stereocenters. The van der Waals surface area contributed by atoms with Crippen molar-refractivity contribution in [2.24, 2.45) is 5.92 Å². The molecule has 1 aliphatic rings. The van der Waals surface area contributed by atoms with Crippen LogP contribution in [0.2, 0.25) is 0 Å². The Labute approximate surface area is 192 Å². The molecule has 2 atom stereocenters. The number of fused-ring (bicyclic) bond motifs is 1. The van der Waals surface area contributed by atoms with Gasteiger partial charge in [-0.2, -0.15) is 5.26 Å². The van der Waals surface area contributed by atoms with Gasteiger partial charge in [0.05, 0.1) is 11.2 Å². The number of carbonyl (C=O) groups is 2. The van der Waals surface area contributed by atoms with Crippen LogP contribution in [0.25, 0.3) is 11.6 Å². The molecule has 3 aromatic rings. The molecule has 168 valence electrons. The number of rotatable bonds is 5. The first-order chi connectivity index (χ1) is 15.9. The zero-order chi connectivity index (χ0) is 23.5. The van der Waals surface area contributed by atoms with Crippen molar-refractivity contribution < 1.29 is 14.0 Å². The van der Waals surface area contributed by atoms with Gasteiger partial charge in [-0.25, -0.2) is 4.39 Å². The van der Waals surface area contributed by atoms with Crippen molar-refractivity contribution in [2.75, 3.05) is 0 Å². The molecule has 33 heavy (non-hydrogen) atoms. The van der Waals surface area contributed by atoms with E-state index in [-0.39, 0.29) is 17.4 Å². The third-order valence-electron chi connectivity index (χ3n) is 6.54. The van der Waals surface area contributed by atoms with E-state index in [1.807, 2.05) is 24.3 Å². The van der Waals surface area contributed by atoms with Gasteiger partial charge in [0.25, 0.3) is 5.91 Å². The molecule has 0 bridgehead atoms. The number of carbonyl (C=O) groups excluding carboxylic acids is 2. The first-order valence-corrected chi connectivity index (χ1v) is 11.2. The van der Waals surface area contributed by atoms with Crippen LogP contribution in [0.5, 0.6) is 0 Å². The molecule has 1 aromatic carbocycles. The largest absolute Gasteiger partial charge is 0.348 e.